The third-order valence-corrected chi connectivity index (χ3v) is 7.30. The van der Waals surface area contributed by atoms with Gasteiger partial charge in [0.1, 0.15) is 5.82 Å². The SMILES string of the molecule is Cc1cc(Cl)ccc1-c1ccc(NC(=O)Cc2ccc(C3=CCC(C(C)(C)C)CC3)cc2)c(F)c1. The number of hydrogen-bond donors (Lipinski definition) is 1. The molecule has 0 saturated carbocycles. The normalized spacial score (nSPS) is 16.1. The second-order valence-electron chi connectivity index (χ2n) is 10.6. The summed E-state index contributed by atoms with van der Waals surface area (Å²) in [5.74, 6) is 0.0224. The van der Waals surface area contributed by atoms with Crippen LogP contribution in [0.5, 0.6) is 0 Å². The van der Waals surface area contributed by atoms with Crippen molar-refractivity contribution >= 4 is 28.8 Å². The van der Waals surface area contributed by atoms with Gasteiger partial charge in [-0.2, -0.15) is 0 Å². The maximum absolute atomic E-state index is 14.8. The summed E-state index contributed by atoms with van der Waals surface area (Å²) in [4.78, 5) is 12.6. The van der Waals surface area contributed by atoms with E-state index in [1.54, 1.807) is 12.1 Å². The molecule has 1 N–H and O–H groups in total. The highest BCUT2D eigenvalue weighted by Gasteiger charge is 2.26. The van der Waals surface area contributed by atoms with Crippen LogP contribution in [0.1, 0.15) is 56.7 Å². The number of rotatable bonds is 5. The number of hydrogen-bond acceptors (Lipinski definition) is 1. The van der Waals surface area contributed by atoms with Gasteiger partial charge in [-0.3, -0.25) is 4.79 Å². The lowest BCUT2D eigenvalue weighted by molar-refractivity contribution is -0.115. The number of aryl methyl sites for hydroxylation is 1. The Balaban J connectivity index is 1.38. The van der Waals surface area contributed by atoms with Crippen molar-refractivity contribution in [3.05, 3.63) is 94.3 Å². The quantitative estimate of drug-likeness (QED) is 0.381. The third-order valence-electron chi connectivity index (χ3n) is 7.07. The van der Waals surface area contributed by atoms with Gasteiger partial charge in [0.2, 0.25) is 5.91 Å². The molecule has 0 spiro atoms. The molecule has 1 amide bonds. The van der Waals surface area contributed by atoms with Crippen LogP contribution in [-0.2, 0) is 11.2 Å². The number of anilines is 1. The molecule has 3 aromatic carbocycles. The first-order chi connectivity index (χ1) is 16.6. The molecule has 0 heterocycles. The molecule has 4 heteroatoms. The van der Waals surface area contributed by atoms with Crippen LogP contribution in [0, 0.1) is 24.1 Å². The number of carbonyl (C=O) groups excluding carboxylic acids is 1. The molecule has 0 radical (unpaired) electrons. The molecule has 1 aliphatic rings. The maximum atomic E-state index is 14.8. The topological polar surface area (TPSA) is 29.1 Å². The van der Waals surface area contributed by atoms with Gasteiger partial charge >= 0.3 is 0 Å². The fraction of sp³-hybridized carbons (Fsp3) is 0.323. The minimum absolute atomic E-state index is 0.183. The van der Waals surface area contributed by atoms with Crippen molar-refractivity contribution in [1.29, 1.82) is 0 Å². The Morgan fingerprint density at radius 1 is 1.03 bits per heavy atom. The fourth-order valence-electron chi connectivity index (χ4n) is 4.83. The third kappa shape index (κ3) is 6.21. The summed E-state index contributed by atoms with van der Waals surface area (Å²) in [5.41, 5.74) is 6.67. The van der Waals surface area contributed by atoms with Gasteiger partial charge in [0.05, 0.1) is 12.1 Å². The van der Waals surface area contributed by atoms with E-state index < -0.39 is 5.82 Å². The van der Waals surface area contributed by atoms with Gasteiger partial charge in [0.15, 0.2) is 0 Å². The summed E-state index contributed by atoms with van der Waals surface area (Å²) in [6.45, 7) is 8.89. The Hall–Kier alpha value is -2.91. The van der Waals surface area contributed by atoms with E-state index in [1.165, 1.54) is 23.6 Å². The molecule has 0 aromatic heterocycles. The molecule has 0 fully saturated rings. The molecule has 4 rings (SSSR count). The lowest BCUT2D eigenvalue weighted by Gasteiger charge is -2.33. The van der Waals surface area contributed by atoms with Crippen LogP contribution in [0.3, 0.4) is 0 Å². The van der Waals surface area contributed by atoms with E-state index in [2.05, 4.69) is 44.3 Å². The van der Waals surface area contributed by atoms with E-state index in [0.29, 0.717) is 10.4 Å². The van der Waals surface area contributed by atoms with Gasteiger partial charge in [-0.05, 0) is 95.2 Å². The molecular formula is C31H33ClFNO. The first-order valence-electron chi connectivity index (χ1n) is 12.2. The van der Waals surface area contributed by atoms with Crippen molar-refractivity contribution in [2.75, 3.05) is 5.32 Å². The van der Waals surface area contributed by atoms with Crippen molar-refractivity contribution in [1.82, 2.24) is 0 Å². The Morgan fingerprint density at radius 2 is 1.74 bits per heavy atom. The molecule has 35 heavy (non-hydrogen) atoms. The Kier molecular flexibility index (Phi) is 7.47. The van der Waals surface area contributed by atoms with Crippen molar-refractivity contribution in [3.8, 4) is 11.1 Å². The molecule has 0 saturated heterocycles. The fourth-order valence-corrected chi connectivity index (χ4v) is 5.06. The summed E-state index contributed by atoms with van der Waals surface area (Å²) in [5, 5.41) is 3.36. The summed E-state index contributed by atoms with van der Waals surface area (Å²) in [6.07, 6.45) is 5.99. The minimum atomic E-state index is -0.460. The smallest absolute Gasteiger partial charge is 0.228 e. The molecule has 0 aliphatic heterocycles. The maximum Gasteiger partial charge on any atom is 0.228 e. The zero-order valence-corrected chi connectivity index (χ0v) is 21.7. The summed E-state index contributed by atoms with van der Waals surface area (Å²) in [7, 11) is 0. The van der Waals surface area contributed by atoms with Gasteiger partial charge in [0.25, 0.3) is 0 Å². The number of amides is 1. The van der Waals surface area contributed by atoms with Crippen LogP contribution in [0.4, 0.5) is 10.1 Å². The lowest BCUT2D eigenvalue weighted by Crippen LogP contribution is -2.21. The molecule has 1 unspecified atom stereocenters. The lowest BCUT2D eigenvalue weighted by atomic mass is 9.72. The molecule has 2 nitrogen and oxygen atoms in total. The Morgan fingerprint density at radius 3 is 2.34 bits per heavy atom. The van der Waals surface area contributed by atoms with Crippen molar-refractivity contribution in [3.63, 3.8) is 0 Å². The van der Waals surface area contributed by atoms with Crippen LogP contribution in [-0.4, -0.2) is 5.91 Å². The summed E-state index contributed by atoms with van der Waals surface area (Å²) < 4.78 is 14.8. The van der Waals surface area contributed by atoms with E-state index >= 15 is 0 Å². The molecule has 3 aromatic rings. The first-order valence-corrected chi connectivity index (χ1v) is 12.6. The van der Waals surface area contributed by atoms with Crippen LogP contribution in [0.25, 0.3) is 16.7 Å². The van der Waals surface area contributed by atoms with E-state index in [9.17, 15) is 9.18 Å². The number of allylic oxidation sites excluding steroid dienone is 2. The van der Waals surface area contributed by atoms with E-state index in [4.69, 9.17) is 11.6 Å². The summed E-state index contributed by atoms with van der Waals surface area (Å²) in [6, 6.07) is 18.6. The molecule has 0 bridgehead atoms. The molecule has 1 aliphatic carbocycles. The van der Waals surface area contributed by atoms with Crippen molar-refractivity contribution in [2.24, 2.45) is 11.3 Å². The van der Waals surface area contributed by atoms with E-state index in [0.717, 1.165) is 41.0 Å². The number of carbonyl (C=O) groups is 1. The number of halogens is 2. The first kappa shape index (κ1) is 25.2. The van der Waals surface area contributed by atoms with Crippen LogP contribution in [0.2, 0.25) is 5.02 Å². The van der Waals surface area contributed by atoms with Crippen molar-refractivity contribution in [2.45, 2.75) is 53.4 Å². The Bertz CT molecular complexity index is 1250. The molecule has 1 atom stereocenters. The van der Waals surface area contributed by atoms with Gasteiger partial charge in [-0.15, -0.1) is 0 Å². The molecular weight excluding hydrogens is 457 g/mol. The number of nitrogens with one attached hydrogen (secondary N) is 1. The van der Waals surface area contributed by atoms with E-state index in [1.807, 2.05) is 37.3 Å². The minimum Gasteiger partial charge on any atom is -0.323 e. The standard InChI is InChI=1S/C31H33ClFNO/c1-20-17-26(32)14-15-27(20)24-11-16-29(28(33)19-24)34-30(35)18-21-5-7-22(8-6-21)23-9-12-25(13-10-23)31(2,3)4/h5-9,11,14-17,19,25H,10,12-13,18H2,1-4H3,(H,34,35). The van der Waals surface area contributed by atoms with Gasteiger partial charge < -0.3 is 5.32 Å². The molecule has 182 valence electrons. The highest BCUT2D eigenvalue weighted by molar-refractivity contribution is 6.30. The van der Waals surface area contributed by atoms with E-state index in [-0.39, 0.29) is 18.0 Å². The predicted molar refractivity (Wildman–Crippen MR) is 145 cm³/mol. The second-order valence-corrected chi connectivity index (χ2v) is 11.1. The largest absolute Gasteiger partial charge is 0.323 e. The van der Waals surface area contributed by atoms with Crippen LogP contribution >= 0.6 is 11.6 Å². The van der Waals surface area contributed by atoms with Gasteiger partial charge in [0, 0.05) is 5.02 Å². The average molecular weight is 490 g/mol. The predicted octanol–water partition coefficient (Wildman–Crippen LogP) is 8.87. The number of benzene rings is 3. The second kappa shape index (κ2) is 10.4. The average Bonchev–Trinajstić information content (AvgIpc) is 2.80. The highest BCUT2D eigenvalue weighted by atomic mass is 35.5. The zero-order chi connectivity index (χ0) is 25.2. The van der Waals surface area contributed by atoms with Crippen LogP contribution in [0.15, 0.2) is 66.7 Å². The van der Waals surface area contributed by atoms with Gasteiger partial charge in [-0.1, -0.05) is 74.8 Å². The monoisotopic (exact) mass is 489 g/mol. The van der Waals surface area contributed by atoms with Crippen LogP contribution < -0.4 is 5.32 Å². The highest BCUT2D eigenvalue weighted by Crippen LogP contribution is 2.39. The van der Waals surface area contributed by atoms with Crippen molar-refractivity contribution < 1.29 is 9.18 Å². The summed E-state index contributed by atoms with van der Waals surface area (Å²) >= 11 is 6.03. The zero-order valence-electron chi connectivity index (χ0n) is 20.9. The van der Waals surface area contributed by atoms with Gasteiger partial charge in [-0.25, -0.2) is 4.39 Å². The Labute approximate surface area is 213 Å².